The van der Waals surface area contributed by atoms with Gasteiger partial charge < -0.3 is 19.9 Å². The maximum atomic E-state index is 12.3. The highest BCUT2D eigenvalue weighted by molar-refractivity contribution is 8.18. The van der Waals surface area contributed by atoms with E-state index >= 15 is 0 Å². The average Bonchev–Trinajstić information content (AvgIpc) is 3.03. The van der Waals surface area contributed by atoms with Gasteiger partial charge in [-0.25, -0.2) is 9.79 Å². The number of benzene rings is 2. The van der Waals surface area contributed by atoms with Gasteiger partial charge in [0.05, 0.1) is 17.7 Å². The number of nitrogens with one attached hydrogen (secondary N) is 1. The van der Waals surface area contributed by atoms with Crippen LogP contribution in [0, 0.1) is 6.92 Å². The summed E-state index contributed by atoms with van der Waals surface area (Å²) in [5.41, 5.74) is 2.61. The summed E-state index contributed by atoms with van der Waals surface area (Å²) in [5.74, 6) is -0.614. The van der Waals surface area contributed by atoms with Crippen LogP contribution in [0.15, 0.2) is 52.4 Å². The van der Waals surface area contributed by atoms with Gasteiger partial charge in [-0.2, -0.15) is 0 Å². The number of carboxylic acid groups (broad SMARTS) is 1. The van der Waals surface area contributed by atoms with Crippen molar-refractivity contribution in [3.8, 4) is 11.5 Å². The van der Waals surface area contributed by atoms with E-state index in [4.69, 9.17) is 14.6 Å². The number of methoxy groups -OCH3 is 1. The zero-order valence-corrected chi connectivity index (χ0v) is 16.9. The fraction of sp³-hybridized carbons (Fsp3) is 0.190. The predicted molar refractivity (Wildman–Crippen MR) is 113 cm³/mol. The Hall–Kier alpha value is -3.26. The van der Waals surface area contributed by atoms with Crippen molar-refractivity contribution in [3.05, 3.63) is 58.5 Å². The van der Waals surface area contributed by atoms with Gasteiger partial charge in [0.2, 0.25) is 0 Å². The van der Waals surface area contributed by atoms with E-state index in [-0.39, 0.29) is 5.91 Å². The lowest BCUT2D eigenvalue weighted by molar-refractivity contribution is -0.144. The number of rotatable bonds is 6. The van der Waals surface area contributed by atoms with E-state index in [1.165, 1.54) is 25.8 Å². The van der Waals surface area contributed by atoms with Crippen molar-refractivity contribution < 1.29 is 24.2 Å². The van der Waals surface area contributed by atoms with Gasteiger partial charge in [-0.05, 0) is 61.5 Å². The Morgan fingerprint density at radius 1 is 1.21 bits per heavy atom. The average molecular weight is 412 g/mol. The molecule has 8 heteroatoms. The Labute approximate surface area is 172 Å². The number of nitrogens with zero attached hydrogens (tertiary/aromatic N) is 1. The molecule has 1 heterocycles. The van der Waals surface area contributed by atoms with Gasteiger partial charge in [0.1, 0.15) is 0 Å². The molecule has 1 amide bonds. The quantitative estimate of drug-likeness (QED) is 0.702. The van der Waals surface area contributed by atoms with Crippen molar-refractivity contribution in [1.29, 1.82) is 0 Å². The molecule has 7 nitrogen and oxygen atoms in total. The third-order valence-electron chi connectivity index (χ3n) is 4.05. The number of hydrogen-bond donors (Lipinski definition) is 2. The summed E-state index contributed by atoms with van der Waals surface area (Å²) in [4.78, 5) is 28.2. The number of carboxylic acids is 1. The molecule has 3 rings (SSSR count). The van der Waals surface area contributed by atoms with Crippen LogP contribution in [0.4, 0.5) is 5.69 Å². The lowest BCUT2D eigenvalue weighted by Gasteiger charge is -2.14. The van der Waals surface area contributed by atoms with Crippen molar-refractivity contribution in [2.45, 2.75) is 20.0 Å². The molecule has 0 saturated carbocycles. The molecule has 2 N–H and O–H groups in total. The highest BCUT2D eigenvalue weighted by Crippen LogP contribution is 2.32. The lowest BCUT2D eigenvalue weighted by Crippen LogP contribution is -2.23. The molecule has 0 aliphatic carbocycles. The number of hydrogen-bond acceptors (Lipinski definition) is 6. The smallest absolute Gasteiger partial charge is 0.344 e. The molecule has 1 aliphatic rings. The van der Waals surface area contributed by atoms with Crippen LogP contribution in [0.3, 0.4) is 0 Å². The van der Waals surface area contributed by atoms with Crippen LogP contribution < -0.4 is 14.8 Å². The van der Waals surface area contributed by atoms with Crippen LogP contribution >= 0.6 is 11.8 Å². The third-order valence-corrected chi connectivity index (χ3v) is 4.96. The minimum atomic E-state index is -1.07. The number of aliphatic carboxylic acids is 1. The molecule has 0 spiro atoms. The van der Waals surface area contributed by atoms with Crippen molar-refractivity contribution in [2.75, 3.05) is 7.11 Å². The molecular formula is C21H20N2O5S. The van der Waals surface area contributed by atoms with Crippen LogP contribution in [0.1, 0.15) is 18.1 Å². The van der Waals surface area contributed by atoms with E-state index < -0.39 is 12.1 Å². The van der Waals surface area contributed by atoms with Crippen LogP contribution in [-0.4, -0.2) is 35.4 Å². The largest absolute Gasteiger partial charge is 0.493 e. The third kappa shape index (κ3) is 5.17. The molecule has 0 bridgehead atoms. The van der Waals surface area contributed by atoms with E-state index in [1.54, 1.807) is 24.3 Å². The van der Waals surface area contributed by atoms with E-state index in [0.717, 1.165) is 11.3 Å². The molecule has 0 aromatic heterocycles. The van der Waals surface area contributed by atoms with Gasteiger partial charge >= 0.3 is 5.97 Å². The molecule has 0 radical (unpaired) electrons. The molecule has 150 valence electrons. The second-order valence-corrected chi connectivity index (χ2v) is 7.36. The number of amidine groups is 1. The van der Waals surface area contributed by atoms with Crippen LogP contribution in [0.2, 0.25) is 0 Å². The molecular weight excluding hydrogens is 392 g/mol. The fourth-order valence-corrected chi connectivity index (χ4v) is 3.32. The summed E-state index contributed by atoms with van der Waals surface area (Å²) < 4.78 is 10.7. The molecule has 2 aromatic carbocycles. The van der Waals surface area contributed by atoms with Crippen molar-refractivity contribution in [3.63, 3.8) is 0 Å². The lowest BCUT2D eigenvalue weighted by atomic mass is 10.2. The summed E-state index contributed by atoms with van der Waals surface area (Å²) >= 11 is 1.25. The van der Waals surface area contributed by atoms with E-state index in [1.807, 2.05) is 31.2 Å². The fourth-order valence-electron chi connectivity index (χ4n) is 2.48. The van der Waals surface area contributed by atoms with Crippen LogP contribution in [0.25, 0.3) is 6.08 Å². The second kappa shape index (κ2) is 8.83. The summed E-state index contributed by atoms with van der Waals surface area (Å²) in [6.07, 6.45) is 0.703. The Balaban J connectivity index is 1.79. The highest BCUT2D eigenvalue weighted by Gasteiger charge is 2.24. The molecule has 29 heavy (non-hydrogen) atoms. The zero-order valence-electron chi connectivity index (χ0n) is 16.1. The van der Waals surface area contributed by atoms with Crippen LogP contribution in [-0.2, 0) is 9.59 Å². The number of aryl methyl sites for hydroxylation is 1. The number of thioether (sulfide) groups is 1. The second-order valence-electron chi connectivity index (χ2n) is 6.33. The predicted octanol–water partition coefficient (Wildman–Crippen LogP) is 3.75. The van der Waals surface area contributed by atoms with Crippen molar-refractivity contribution >= 4 is 40.6 Å². The van der Waals surface area contributed by atoms with E-state index in [0.29, 0.717) is 27.1 Å². The number of carbonyl (C=O) groups excluding carboxylic acids is 1. The normalized spacial score (nSPS) is 17.3. The van der Waals surface area contributed by atoms with Gasteiger partial charge in [0.15, 0.2) is 22.8 Å². The summed E-state index contributed by atoms with van der Waals surface area (Å²) in [5, 5.41) is 12.2. The minimum absolute atomic E-state index is 0.236. The first kappa shape index (κ1) is 20.5. The number of aliphatic imine (C=N–C) groups is 1. The van der Waals surface area contributed by atoms with E-state index in [9.17, 15) is 9.59 Å². The first-order valence-electron chi connectivity index (χ1n) is 8.79. The SMILES string of the molecule is COc1cc(/C=C2\SC(=Nc3ccc(C)cc3)NC2=O)ccc1O[C@@H](C)C(=O)O. The van der Waals surface area contributed by atoms with E-state index in [2.05, 4.69) is 10.3 Å². The zero-order chi connectivity index (χ0) is 21.0. The Morgan fingerprint density at radius 2 is 1.93 bits per heavy atom. The Kier molecular flexibility index (Phi) is 6.23. The summed E-state index contributed by atoms with van der Waals surface area (Å²) in [6, 6.07) is 12.7. The highest BCUT2D eigenvalue weighted by atomic mass is 32.2. The van der Waals surface area contributed by atoms with Crippen molar-refractivity contribution in [1.82, 2.24) is 5.32 Å². The monoisotopic (exact) mass is 412 g/mol. The molecule has 2 aromatic rings. The number of ether oxygens (including phenoxy) is 2. The molecule has 1 saturated heterocycles. The van der Waals surface area contributed by atoms with Gasteiger partial charge in [-0.3, -0.25) is 4.79 Å². The van der Waals surface area contributed by atoms with Crippen molar-refractivity contribution in [2.24, 2.45) is 4.99 Å². The maximum absolute atomic E-state index is 12.3. The minimum Gasteiger partial charge on any atom is -0.493 e. The number of amides is 1. The molecule has 0 unspecified atom stereocenters. The first-order valence-corrected chi connectivity index (χ1v) is 9.61. The van der Waals surface area contributed by atoms with Gasteiger partial charge in [0, 0.05) is 0 Å². The van der Waals surface area contributed by atoms with Gasteiger partial charge in [-0.15, -0.1) is 0 Å². The standard InChI is InChI=1S/C21H20N2O5S/c1-12-4-7-15(8-5-12)22-21-23-19(24)18(29-21)11-14-6-9-16(17(10-14)27-3)28-13(2)20(25)26/h4-11,13H,1-3H3,(H,25,26)(H,22,23,24)/b18-11-/t13-/m0/s1. The summed E-state index contributed by atoms with van der Waals surface area (Å²) in [7, 11) is 1.47. The maximum Gasteiger partial charge on any atom is 0.344 e. The molecule has 1 fully saturated rings. The number of carbonyl (C=O) groups is 2. The topological polar surface area (TPSA) is 97.2 Å². The van der Waals surface area contributed by atoms with Crippen LogP contribution in [0.5, 0.6) is 11.5 Å². The Morgan fingerprint density at radius 3 is 2.59 bits per heavy atom. The first-order chi connectivity index (χ1) is 13.9. The Bertz CT molecular complexity index is 999. The molecule has 1 aliphatic heterocycles. The van der Waals surface area contributed by atoms with Gasteiger partial charge in [-0.1, -0.05) is 23.8 Å². The van der Waals surface area contributed by atoms with Gasteiger partial charge in [0.25, 0.3) is 5.91 Å². The summed E-state index contributed by atoms with van der Waals surface area (Å²) in [6.45, 7) is 3.43. The molecule has 1 atom stereocenters.